The molecule has 8 heteroatoms. The van der Waals surface area contributed by atoms with Crippen LogP contribution in [-0.4, -0.2) is 41.0 Å². The fraction of sp³-hybridized carbons (Fsp3) is 0.278. The highest BCUT2D eigenvalue weighted by Crippen LogP contribution is 2.30. The summed E-state index contributed by atoms with van der Waals surface area (Å²) in [5.74, 6) is -1.06. The average molecular weight is 357 g/mol. The van der Waals surface area contributed by atoms with Crippen molar-refractivity contribution in [1.82, 2.24) is 4.90 Å². The molecule has 1 atom stereocenters. The molecule has 26 heavy (non-hydrogen) atoms. The molecule has 1 aliphatic rings. The van der Waals surface area contributed by atoms with Crippen LogP contribution in [0.4, 0.5) is 16.2 Å². The smallest absolute Gasteiger partial charge is 0.321 e. The molecule has 136 valence electrons. The van der Waals surface area contributed by atoms with Gasteiger partial charge in [0.2, 0.25) is 0 Å². The van der Waals surface area contributed by atoms with Crippen molar-refractivity contribution in [3.8, 4) is 0 Å². The number of carboxylic acid groups (broad SMARTS) is 1. The molecular formula is C18H19N3O5. The van der Waals surface area contributed by atoms with E-state index in [1.54, 1.807) is 43.3 Å². The first-order valence-electron chi connectivity index (χ1n) is 8.12. The Bertz CT molecular complexity index is 816. The number of benzene rings is 1. The van der Waals surface area contributed by atoms with Gasteiger partial charge in [0, 0.05) is 24.5 Å². The number of anilines is 2. The van der Waals surface area contributed by atoms with Gasteiger partial charge in [0.1, 0.15) is 0 Å². The minimum atomic E-state index is -0.905. The molecule has 8 nitrogen and oxygen atoms in total. The van der Waals surface area contributed by atoms with Crippen LogP contribution in [0.3, 0.4) is 0 Å². The fourth-order valence-electron chi connectivity index (χ4n) is 2.75. The van der Waals surface area contributed by atoms with Gasteiger partial charge in [-0.2, -0.15) is 0 Å². The lowest BCUT2D eigenvalue weighted by molar-refractivity contribution is -0.146. The Labute approximate surface area is 149 Å². The number of carboxylic acids is 1. The lowest BCUT2D eigenvalue weighted by Crippen LogP contribution is -2.37. The third-order valence-electron chi connectivity index (χ3n) is 4.42. The highest BCUT2D eigenvalue weighted by atomic mass is 16.4. The summed E-state index contributed by atoms with van der Waals surface area (Å²) in [6, 6.07) is 9.46. The summed E-state index contributed by atoms with van der Waals surface area (Å²) in [5, 5.41) is 14.6. The second-order valence-electron chi connectivity index (χ2n) is 6.48. The molecule has 0 saturated carbocycles. The maximum absolute atomic E-state index is 12.3. The largest absolute Gasteiger partial charge is 0.481 e. The Kier molecular flexibility index (Phi) is 4.66. The molecule has 0 radical (unpaired) electrons. The SMILES string of the molecule is CC1(C(=O)O)CCN(C(=O)Nc2ccc(NC(=O)c3ccco3)cc2)C1. The molecule has 0 aliphatic carbocycles. The van der Waals surface area contributed by atoms with Gasteiger partial charge in [-0.3, -0.25) is 9.59 Å². The number of hydrogen-bond donors (Lipinski definition) is 3. The number of amides is 3. The van der Waals surface area contributed by atoms with E-state index in [1.165, 1.54) is 11.2 Å². The van der Waals surface area contributed by atoms with Crippen LogP contribution >= 0.6 is 0 Å². The van der Waals surface area contributed by atoms with Gasteiger partial charge in [-0.1, -0.05) is 0 Å². The van der Waals surface area contributed by atoms with E-state index < -0.39 is 11.4 Å². The first kappa shape index (κ1) is 17.5. The van der Waals surface area contributed by atoms with Crippen molar-refractivity contribution >= 4 is 29.3 Å². The molecule has 2 aromatic rings. The zero-order chi connectivity index (χ0) is 18.7. The van der Waals surface area contributed by atoms with Crippen LogP contribution in [-0.2, 0) is 4.79 Å². The van der Waals surface area contributed by atoms with Crippen molar-refractivity contribution in [1.29, 1.82) is 0 Å². The quantitative estimate of drug-likeness (QED) is 0.779. The first-order chi connectivity index (χ1) is 12.4. The van der Waals surface area contributed by atoms with Crippen LogP contribution in [0.2, 0.25) is 0 Å². The molecule has 1 unspecified atom stereocenters. The topological polar surface area (TPSA) is 112 Å². The third kappa shape index (κ3) is 3.69. The molecule has 1 fully saturated rings. The Balaban J connectivity index is 1.57. The van der Waals surface area contributed by atoms with Crippen LogP contribution in [0, 0.1) is 5.41 Å². The van der Waals surface area contributed by atoms with Crippen LogP contribution in [0.15, 0.2) is 47.1 Å². The van der Waals surface area contributed by atoms with Gasteiger partial charge in [0.25, 0.3) is 5.91 Å². The number of carbonyl (C=O) groups excluding carboxylic acids is 2. The number of urea groups is 1. The summed E-state index contributed by atoms with van der Waals surface area (Å²) >= 11 is 0. The molecule has 1 aliphatic heterocycles. The monoisotopic (exact) mass is 357 g/mol. The number of likely N-dealkylation sites (tertiary alicyclic amines) is 1. The van der Waals surface area contributed by atoms with Crippen molar-refractivity contribution in [3.05, 3.63) is 48.4 Å². The minimum Gasteiger partial charge on any atom is -0.481 e. The highest BCUT2D eigenvalue weighted by Gasteiger charge is 2.42. The van der Waals surface area contributed by atoms with E-state index in [2.05, 4.69) is 10.6 Å². The molecule has 3 N–H and O–H groups in total. The molecule has 2 heterocycles. The summed E-state index contributed by atoms with van der Waals surface area (Å²) in [6.07, 6.45) is 1.84. The van der Waals surface area contributed by atoms with Crippen LogP contribution < -0.4 is 10.6 Å². The number of aliphatic carboxylic acids is 1. The van der Waals surface area contributed by atoms with E-state index in [9.17, 15) is 19.5 Å². The van der Waals surface area contributed by atoms with Gasteiger partial charge in [0.15, 0.2) is 5.76 Å². The van der Waals surface area contributed by atoms with Crippen LogP contribution in [0.1, 0.15) is 23.9 Å². The van der Waals surface area contributed by atoms with E-state index in [0.29, 0.717) is 24.3 Å². The van der Waals surface area contributed by atoms with Gasteiger partial charge in [-0.05, 0) is 49.7 Å². The van der Waals surface area contributed by atoms with Gasteiger partial charge in [0.05, 0.1) is 11.7 Å². The fourth-order valence-corrected chi connectivity index (χ4v) is 2.75. The number of hydrogen-bond acceptors (Lipinski definition) is 4. The van der Waals surface area contributed by atoms with Gasteiger partial charge in [-0.25, -0.2) is 4.79 Å². The van der Waals surface area contributed by atoms with Gasteiger partial charge < -0.3 is 25.1 Å². The van der Waals surface area contributed by atoms with Crippen molar-refractivity contribution in [2.75, 3.05) is 23.7 Å². The van der Waals surface area contributed by atoms with Gasteiger partial charge >= 0.3 is 12.0 Å². The molecule has 0 spiro atoms. The summed E-state index contributed by atoms with van der Waals surface area (Å²) in [4.78, 5) is 36.9. The molecule has 1 aromatic heterocycles. The Morgan fingerprint density at radius 2 is 1.77 bits per heavy atom. The molecular weight excluding hydrogens is 338 g/mol. The van der Waals surface area contributed by atoms with E-state index in [4.69, 9.17) is 4.42 Å². The lowest BCUT2D eigenvalue weighted by Gasteiger charge is -2.20. The average Bonchev–Trinajstić information content (AvgIpc) is 3.27. The normalized spacial score (nSPS) is 19.2. The van der Waals surface area contributed by atoms with E-state index in [-0.39, 0.29) is 24.2 Å². The predicted molar refractivity (Wildman–Crippen MR) is 94.1 cm³/mol. The summed E-state index contributed by atoms with van der Waals surface area (Å²) in [6.45, 7) is 2.20. The molecule has 0 bridgehead atoms. The maximum Gasteiger partial charge on any atom is 0.321 e. The molecule has 1 saturated heterocycles. The second kappa shape index (κ2) is 6.91. The van der Waals surface area contributed by atoms with E-state index >= 15 is 0 Å². The summed E-state index contributed by atoms with van der Waals surface area (Å²) in [7, 11) is 0. The zero-order valence-electron chi connectivity index (χ0n) is 14.2. The minimum absolute atomic E-state index is 0.172. The van der Waals surface area contributed by atoms with E-state index in [0.717, 1.165) is 0 Å². The number of nitrogens with one attached hydrogen (secondary N) is 2. The Morgan fingerprint density at radius 1 is 1.12 bits per heavy atom. The molecule has 1 aromatic carbocycles. The number of furan rings is 1. The summed E-state index contributed by atoms with van der Waals surface area (Å²) < 4.78 is 5.02. The first-order valence-corrected chi connectivity index (χ1v) is 8.12. The number of nitrogens with zero attached hydrogens (tertiary/aromatic N) is 1. The standard InChI is InChI=1S/C18H19N3O5/c1-18(16(23)24)8-9-21(11-18)17(25)20-13-6-4-12(5-7-13)19-15(22)14-3-2-10-26-14/h2-7,10H,8-9,11H2,1H3,(H,19,22)(H,20,25)(H,23,24). The second-order valence-corrected chi connectivity index (χ2v) is 6.48. The highest BCUT2D eigenvalue weighted by molar-refractivity contribution is 6.02. The molecule has 3 amide bonds. The van der Waals surface area contributed by atoms with Crippen molar-refractivity contribution in [3.63, 3.8) is 0 Å². The molecule has 3 rings (SSSR count). The maximum atomic E-state index is 12.3. The lowest BCUT2D eigenvalue weighted by atomic mass is 9.90. The Hall–Kier alpha value is -3.29. The van der Waals surface area contributed by atoms with E-state index in [1.807, 2.05) is 0 Å². The Morgan fingerprint density at radius 3 is 2.31 bits per heavy atom. The van der Waals surface area contributed by atoms with Crippen molar-refractivity contribution in [2.24, 2.45) is 5.41 Å². The van der Waals surface area contributed by atoms with Gasteiger partial charge in [-0.15, -0.1) is 0 Å². The van der Waals surface area contributed by atoms with Crippen LogP contribution in [0.5, 0.6) is 0 Å². The van der Waals surface area contributed by atoms with Crippen molar-refractivity contribution in [2.45, 2.75) is 13.3 Å². The summed E-state index contributed by atoms with van der Waals surface area (Å²) in [5.41, 5.74) is 0.205. The number of carbonyl (C=O) groups is 3. The zero-order valence-corrected chi connectivity index (χ0v) is 14.2. The third-order valence-corrected chi connectivity index (χ3v) is 4.42. The number of rotatable bonds is 4. The predicted octanol–water partition coefficient (Wildman–Crippen LogP) is 2.86. The van der Waals surface area contributed by atoms with Crippen LogP contribution in [0.25, 0.3) is 0 Å². The van der Waals surface area contributed by atoms with Crippen molar-refractivity contribution < 1.29 is 23.9 Å².